The van der Waals surface area contributed by atoms with E-state index >= 15 is 0 Å². The SMILES string of the molecule is Cc1ccc(C(=O)C[N+]23CN4CN(CN(C4)C2)C3)cc1. The van der Waals surface area contributed by atoms with Crippen LogP contribution in [-0.2, 0) is 0 Å². The number of nitrogens with zero attached hydrogens (tertiary/aromatic N) is 4. The summed E-state index contributed by atoms with van der Waals surface area (Å²) in [4.78, 5) is 19.9. The van der Waals surface area contributed by atoms with Gasteiger partial charge < -0.3 is 0 Å². The molecule has 1 aromatic rings. The first-order valence-electron chi connectivity index (χ1n) is 7.24. The molecule has 5 rings (SSSR count). The van der Waals surface area contributed by atoms with Gasteiger partial charge in [0.1, 0.15) is 26.6 Å². The Kier molecular flexibility index (Phi) is 2.72. The van der Waals surface area contributed by atoms with Crippen LogP contribution in [0, 0.1) is 6.92 Å². The number of hydrogen-bond acceptors (Lipinski definition) is 4. The first-order chi connectivity index (χ1) is 9.62. The topological polar surface area (TPSA) is 26.8 Å². The van der Waals surface area contributed by atoms with E-state index in [4.69, 9.17) is 0 Å². The summed E-state index contributed by atoms with van der Waals surface area (Å²) in [6.07, 6.45) is 0. The van der Waals surface area contributed by atoms with E-state index < -0.39 is 0 Å². The zero-order valence-corrected chi connectivity index (χ0v) is 12.0. The average molecular weight is 273 g/mol. The molecule has 0 aliphatic carbocycles. The van der Waals surface area contributed by atoms with E-state index in [1.54, 1.807) is 0 Å². The minimum Gasteiger partial charge on any atom is -0.288 e. The van der Waals surface area contributed by atoms with Crippen molar-refractivity contribution in [1.82, 2.24) is 14.7 Å². The summed E-state index contributed by atoms with van der Waals surface area (Å²) in [6.45, 7) is 8.92. The molecule has 4 fully saturated rings. The van der Waals surface area contributed by atoms with Gasteiger partial charge in [-0.25, -0.2) is 14.7 Å². The Morgan fingerprint density at radius 3 is 2.00 bits per heavy atom. The van der Waals surface area contributed by atoms with Crippen LogP contribution in [0.3, 0.4) is 0 Å². The van der Waals surface area contributed by atoms with E-state index in [1.165, 1.54) is 5.56 Å². The van der Waals surface area contributed by atoms with E-state index in [0.29, 0.717) is 6.54 Å². The predicted molar refractivity (Wildman–Crippen MR) is 75.4 cm³/mol. The van der Waals surface area contributed by atoms with Gasteiger partial charge in [0, 0.05) is 5.56 Å². The largest absolute Gasteiger partial charge is 0.288 e. The molecule has 4 bridgehead atoms. The summed E-state index contributed by atoms with van der Waals surface area (Å²) >= 11 is 0. The zero-order chi connectivity index (χ0) is 13.7. The third-order valence-corrected chi connectivity index (χ3v) is 4.55. The first kappa shape index (κ1) is 12.5. The van der Waals surface area contributed by atoms with Gasteiger partial charge in [0.15, 0.2) is 0 Å². The van der Waals surface area contributed by atoms with Gasteiger partial charge in [-0.3, -0.25) is 9.28 Å². The molecule has 0 saturated carbocycles. The second-order valence-corrected chi connectivity index (χ2v) is 6.65. The fourth-order valence-corrected chi connectivity index (χ4v) is 3.94. The summed E-state index contributed by atoms with van der Waals surface area (Å²) in [5.41, 5.74) is 2.05. The van der Waals surface area contributed by atoms with Gasteiger partial charge in [-0.2, -0.15) is 0 Å². The summed E-state index contributed by atoms with van der Waals surface area (Å²) in [5.74, 6) is 0.274. The maximum atomic E-state index is 12.6. The van der Waals surface area contributed by atoms with Gasteiger partial charge in [0.05, 0.1) is 20.0 Å². The summed E-state index contributed by atoms with van der Waals surface area (Å²) < 4.78 is 0.882. The Hall–Kier alpha value is -1.27. The van der Waals surface area contributed by atoms with Gasteiger partial charge in [0.25, 0.3) is 0 Å². The molecule has 4 aliphatic heterocycles. The Bertz CT molecular complexity index is 504. The maximum Gasteiger partial charge on any atom is 0.217 e. The molecule has 0 radical (unpaired) electrons. The molecule has 1 aromatic carbocycles. The van der Waals surface area contributed by atoms with Crippen molar-refractivity contribution in [3.8, 4) is 0 Å². The van der Waals surface area contributed by atoms with E-state index in [-0.39, 0.29) is 5.78 Å². The lowest BCUT2D eigenvalue weighted by atomic mass is 10.1. The van der Waals surface area contributed by atoms with Crippen LogP contribution in [0.1, 0.15) is 15.9 Å². The molecule has 0 amide bonds. The number of hydrogen-bond donors (Lipinski definition) is 0. The fourth-order valence-electron chi connectivity index (χ4n) is 3.94. The molecule has 0 unspecified atom stereocenters. The van der Waals surface area contributed by atoms with Crippen molar-refractivity contribution >= 4 is 5.78 Å². The lowest BCUT2D eigenvalue weighted by molar-refractivity contribution is -0.973. The van der Waals surface area contributed by atoms with E-state index in [1.807, 2.05) is 24.3 Å². The number of Topliss-reactive ketones (excluding diaryl/α,β-unsaturated/α-hetero) is 1. The van der Waals surface area contributed by atoms with Gasteiger partial charge >= 0.3 is 0 Å². The molecule has 0 N–H and O–H groups in total. The summed E-state index contributed by atoms with van der Waals surface area (Å²) in [5, 5.41) is 0. The molecular weight excluding hydrogens is 252 g/mol. The van der Waals surface area contributed by atoms with Crippen LogP contribution in [0.25, 0.3) is 0 Å². The highest BCUT2D eigenvalue weighted by Crippen LogP contribution is 2.28. The Balaban J connectivity index is 1.53. The Morgan fingerprint density at radius 1 is 1.00 bits per heavy atom. The van der Waals surface area contributed by atoms with Gasteiger partial charge in [-0.1, -0.05) is 29.8 Å². The molecule has 0 spiro atoms. The minimum atomic E-state index is 0.274. The van der Waals surface area contributed by atoms with Crippen LogP contribution in [0.5, 0.6) is 0 Å². The smallest absolute Gasteiger partial charge is 0.217 e. The number of carbonyl (C=O) groups is 1. The third-order valence-electron chi connectivity index (χ3n) is 4.55. The van der Waals surface area contributed by atoms with Gasteiger partial charge in [-0.05, 0) is 6.92 Å². The quantitative estimate of drug-likeness (QED) is 0.598. The van der Waals surface area contributed by atoms with E-state index in [0.717, 1.165) is 50.1 Å². The van der Waals surface area contributed by atoms with Crippen molar-refractivity contribution in [3.05, 3.63) is 35.4 Å². The van der Waals surface area contributed by atoms with Crippen molar-refractivity contribution in [2.75, 3.05) is 46.6 Å². The lowest BCUT2D eigenvalue weighted by Gasteiger charge is -2.60. The number of benzene rings is 1. The van der Waals surface area contributed by atoms with E-state index in [2.05, 4.69) is 21.6 Å². The van der Waals surface area contributed by atoms with Gasteiger partial charge in [-0.15, -0.1) is 0 Å². The number of aryl methyl sites for hydroxylation is 1. The summed E-state index contributed by atoms with van der Waals surface area (Å²) in [7, 11) is 0. The zero-order valence-electron chi connectivity index (χ0n) is 12.0. The summed E-state index contributed by atoms with van der Waals surface area (Å²) in [6, 6.07) is 7.97. The molecule has 106 valence electrons. The van der Waals surface area contributed by atoms with Crippen LogP contribution < -0.4 is 0 Å². The molecule has 0 atom stereocenters. The normalized spacial score (nSPS) is 38.1. The number of carbonyl (C=O) groups excluding carboxylic acids is 1. The standard InChI is InChI=1S/C15H21N4O/c1-13-2-4-14(5-3-13)15(20)6-19-10-16-7-17(11-19)9-18(8-16)12-19/h2-5H,6-12H2,1H3/q+1. The number of ketones is 1. The second-order valence-electron chi connectivity index (χ2n) is 6.65. The third kappa shape index (κ3) is 2.07. The van der Waals surface area contributed by atoms with Crippen LogP contribution in [0.2, 0.25) is 0 Å². The monoisotopic (exact) mass is 273 g/mol. The number of quaternary nitrogens is 1. The van der Waals surface area contributed by atoms with Gasteiger partial charge in [0.2, 0.25) is 5.78 Å². The Labute approximate surface area is 119 Å². The molecular formula is C15H21N4O+. The van der Waals surface area contributed by atoms with Crippen LogP contribution in [0.4, 0.5) is 0 Å². The van der Waals surface area contributed by atoms with Crippen LogP contribution >= 0.6 is 0 Å². The van der Waals surface area contributed by atoms with Crippen LogP contribution in [-0.4, -0.2) is 71.5 Å². The highest BCUT2D eigenvalue weighted by molar-refractivity contribution is 5.97. The molecule has 4 heterocycles. The van der Waals surface area contributed by atoms with Crippen molar-refractivity contribution in [2.24, 2.45) is 0 Å². The Morgan fingerprint density at radius 2 is 1.50 bits per heavy atom. The van der Waals surface area contributed by atoms with Crippen molar-refractivity contribution in [3.63, 3.8) is 0 Å². The van der Waals surface area contributed by atoms with Crippen LogP contribution in [0.15, 0.2) is 24.3 Å². The first-order valence-corrected chi connectivity index (χ1v) is 7.24. The van der Waals surface area contributed by atoms with E-state index in [9.17, 15) is 4.79 Å². The highest BCUT2D eigenvalue weighted by atomic mass is 16.1. The predicted octanol–water partition coefficient (Wildman–Crippen LogP) is 0.686. The average Bonchev–Trinajstić information content (AvgIpc) is 2.37. The molecule has 20 heavy (non-hydrogen) atoms. The van der Waals surface area contributed by atoms with Crippen molar-refractivity contribution in [1.29, 1.82) is 0 Å². The molecule has 0 aromatic heterocycles. The minimum absolute atomic E-state index is 0.274. The maximum absolute atomic E-state index is 12.6. The highest BCUT2D eigenvalue weighted by Gasteiger charge is 2.49. The van der Waals surface area contributed by atoms with Crippen molar-refractivity contribution in [2.45, 2.75) is 6.92 Å². The molecule has 4 aliphatic rings. The lowest BCUT2D eigenvalue weighted by Crippen LogP contribution is -2.79. The second kappa shape index (κ2) is 4.36. The fraction of sp³-hybridized carbons (Fsp3) is 0.533. The number of rotatable bonds is 3. The molecule has 5 nitrogen and oxygen atoms in total. The molecule has 4 saturated heterocycles. The van der Waals surface area contributed by atoms with Crippen molar-refractivity contribution < 1.29 is 9.28 Å². The molecule has 5 heteroatoms.